The molecule has 0 spiro atoms. The number of anilines is 2. The van der Waals surface area contributed by atoms with Crippen molar-refractivity contribution in [3.63, 3.8) is 0 Å². The summed E-state index contributed by atoms with van der Waals surface area (Å²) in [6.45, 7) is -0.362. The van der Waals surface area contributed by atoms with E-state index in [-0.39, 0.29) is 36.5 Å². The van der Waals surface area contributed by atoms with Crippen molar-refractivity contribution in [2.24, 2.45) is 16.9 Å². The van der Waals surface area contributed by atoms with Crippen molar-refractivity contribution in [1.82, 2.24) is 5.01 Å². The molecule has 0 saturated heterocycles. The molecule has 0 unspecified atom stereocenters. The molecule has 9 nitrogen and oxygen atoms in total. The Kier molecular flexibility index (Phi) is 8.30. The number of para-hydroxylation sites is 1. The number of carboxylic acid groups (broad SMARTS) is 1. The molecule has 39 heavy (non-hydrogen) atoms. The quantitative estimate of drug-likeness (QED) is 0.403. The number of urea groups is 1. The second kappa shape index (κ2) is 12.0. The number of carboxylic acids is 1. The Balaban J connectivity index is 1.41. The second-order valence-corrected chi connectivity index (χ2v) is 11.3. The molecule has 2 saturated carbocycles. The number of ketones is 1. The third-order valence-electron chi connectivity index (χ3n) is 7.26. The Hall–Kier alpha value is -3.66. The molecule has 2 aromatic carbocycles. The number of aliphatic carboxylic acids is 1. The van der Waals surface area contributed by atoms with E-state index in [9.17, 15) is 19.2 Å². The minimum absolute atomic E-state index is 0.00466. The lowest BCUT2D eigenvalue weighted by atomic mass is 9.83. The van der Waals surface area contributed by atoms with Gasteiger partial charge in [-0.1, -0.05) is 43.5 Å². The molecule has 0 radical (unpaired) electrons. The molecular formula is C29H32N4O5S. The highest BCUT2D eigenvalue weighted by atomic mass is 32.2. The first-order valence-corrected chi connectivity index (χ1v) is 14.4. The number of carbonyl (C=O) groups is 4. The van der Waals surface area contributed by atoms with Gasteiger partial charge in [-0.2, -0.15) is 5.10 Å². The lowest BCUT2D eigenvalue weighted by molar-refractivity contribution is -0.134. The number of rotatable bonds is 10. The smallest absolute Gasteiger partial charge is 0.345 e. The molecule has 204 valence electrons. The molecule has 2 N–H and O–H groups in total. The third-order valence-corrected chi connectivity index (χ3v) is 8.24. The SMILES string of the molecule is O=C(O)CSc1cccc(NC(=O)CN2N=C(C3CCCCC3)c3ccccc3N(CC(=O)C3CC3)C2=O)c1. The average molecular weight is 549 g/mol. The van der Waals surface area contributed by atoms with Gasteiger partial charge in [0.1, 0.15) is 6.54 Å². The highest BCUT2D eigenvalue weighted by Crippen LogP contribution is 2.36. The van der Waals surface area contributed by atoms with Gasteiger partial charge in [0.15, 0.2) is 5.78 Å². The summed E-state index contributed by atoms with van der Waals surface area (Å²) in [6.07, 6.45) is 6.96. The molecule has 0 aromatic heterocycles. The zero-order chi connectivity index (χ0) is 27.4. The topological polar surface area (TPSA) is 119 Å². The van der Waals surface area contributed by atoms with Gasteiger partial charge in [-0.3, -0.25) is 19.3 Å². The molecule has 5 rings (SSSR count). The first-order valence-electron chi connectivity index (χ1n) is 13.4. The van der Waals surface area contributed by atoms with E-state index in [2.05, 4.69) is 5.32 Å². The normalized spacial score (nSPS) is 17.7. The number of Topliss-reactive ketones (excluding diaryl/α,β-unsaturated/α-hetero) is 1. The van der Waals surface area contributed by atoms with Crippen LogP contribution in [0.25, 0.3) is 0 Å². The Morgan fingerprint density at radius 1 is 0.974 bits per heavy atom. The van der Waals surface area contributed by atoms with E-state index < -0.39 is 17.9 Å². The fourth-order valence-electron chi connectivity index (χ4n) is 5.16. The number of hydrogen-bond acceptors (Lipinski definition) is 6. The van der Waals surface area contributed by atoms with Gasteiger partial charge in [0.2, 0.25) is 5.91 Å². The molecule has 1 heterocycles. The highest BCUT2D eigenvalue weighted by molar-refractivity contribution is 8.00. The number of nitrogens with zero attached hydrogens (tertiary/aromatic N) is 3. The van der Waals surface area contributed by atoms with Crippen LogP contribution in [-0.4, -0.2) is 58.4 Å². The molecule has 0 bridgehead atoms. The van der Waals surface area contributed by atoms with E-state index >= 15 is 0 Å². The van der Waals surface area contributed by atoms with Crippen molar-refractivity contribution < 1.29 is 24.3 Å². The largest absolute Gasteiger partial charge is 0.481 e. The summed E-state index contributed by atoms with van der Waals surface area (Å²) in [6, 6.07) is 14.0. The number of fused-ring (bicyclic) bond motifs is 1. The summed E-state index contributed by atoms with van der Waals surface area (Å²) in [7, 11) is 0. The Labute approximate surface area is 231 Å². The van der Waals surface area contributed by atoms with E-state index in [0.717, 1.165) is 61.6 Å². The number of carbonyl (C=O) groups excluding carboxylic acids is 3. The molecule has 3 amide bonds. The molecule has 2 aliphatic carbocycles. The predicted molar refractivity (Wildman–Crippen MR) is 150 cm³/mol. The summed E-state index contributed by atoms with van der Waals surface area (Å²) >= 11 is 1.16. The minimum Gasteiger partial charge on any atom is -0.481 e. The predicted octanol–water partition coefficient (Wildman–Crippen LogP) is 5.01. The standard InChI is InChI=1S/C29H32N4O5S/c34-25(19-13-14-19)16-32-24-12-5-4-11-23(24)28(20-7-2-1-3-8-20)31-33(29(32)38)17-26(35)30-21-9-6-10-22(15-21)39-18-27(36)37/h4-6,9-12,15,19-20H,1-3,7-8,13-14,16-18H2,(H,30,35)(H,36,37). The molecule has 10 heteroatoms. The van der Waals surface area contributed by atoms with Gasteiger partial charge >= 0.3 is 12.0 Å². The molecule has 2 fully saturated rings. The Morgan fingerprint density at radius 2 is 1.74 bits per heavy atom. The van der Waals surface area contributed by atoms with Crippen LogP contribution in [0, 0.1) is 11.8 Å². The molecule has 3 aliphatic rings. The summed E-state index contributed by atoms with van der Waals surface area (Å²) in [5.74, 6) is -1.26. The van der Waals surface area contributed by atoms with Gasteiger partial charge < -0.3 is 10.4 Å². The maximum absolute atomic E-state index is 13.9. The van der Waals surface area contributed by atoms with Gasteiger partial charge in [0, 0.05) is 28.0 Å². The van der Waals surface area contributed by atoms with Crippen molar-refractivity contribution in [1.29, 1.82) is 0 Å². The van der Waals surface area contributed by atoms with Crippen LogP contribution in [0.1, 0.15) is 50.5 Å². The van der Waals surface area contributed by atoms with E-state index in [4.69, 9.17) is 10.2 Å². The van der Waals surface area contributed by atoms with Crippen molar-refractivity contribution in [3.8, 4) is 0 Å². The molecule has 2 aromatic rings. The maximum atomic E-state index is 13.9. The number of amides is 3. The van der Waals surface area contributed by atoms with Crippen LogP contribution >= 0.6 is 11.8 Å². The van der Waals surface area contributed by atoms with Gasteiger partial charge in [-0.05, 0) is 49.9 Å². The number of hydrogen-bond donors (Lipinski definition) is 2. The Bertz CT molecular complexity index is 1300. The van der Waals surface area contributed by atoms with E-state index in [1.165, 1.54) is 16.3 Å². The lowest BCUT2D eigenvalue weighted by Gasteiger charge is -2.26. The summed E-state index contributed by atoms with van der Waals surface area (Å²) in [5.41, 5.74) is 2.79. The summed E-state index contributed by atoms with van der Waals surface area (Å²) in [4.78, 5) is 53.0. The second-order valence-electron chi connectivity index (χ2n) is 10.3. The van der Waals surface area contributed by atoms with Crippen LogP contribution in [0.5, 0.6) is 0 Å². The summed E-state index contributed by atoms with van der Waals surface area (Å²) < 4.78 is 0. The van der Waals surface area contributed by atoms with E-state index in [1.807, 2.05) is 24.3 Å². The van der Waals surface area contributed by atoms with Crippen LogP contribution in [0.3, 0.4) is 0 Å². The fraction of sp³-hybridized carbons (Fsp3) is 0.414. The summed E-state index contributed by atoms with van der Waals surface area (Å²) in [5, 5.41) is 17.8. The van der Waals surface area contributed by atoms with Crippen molar-refractivity contribution >= 4 is 52.5 Å². The van der Waals surface area contributed by atoms with Crippen molar-refractivity contribution in [2.45, 2.75) is 49.8 Å². The third kappa shape index (κ3) is 6.68. The minimum atomic E-state index is -0.925. The molecular weight excluding hydrogens is 516 g/mol. The van der Waals surface area contributed by atoms with Crippen LogP contribution in [-0.2, 0) is 14.4 Å². The van der Waals surface area contributed by atoms with Crippen LogP contribution < -0.4 is 10.2 Å². The fourth-order valence-corrected chi connectivity index (χ4v) is 5.84. The van der Waals surface area contributed by atoms with Crippen LogP contribution in [0.15, 0.2) is 58.5 Å². The monoisotopic (exact) mass is 548 g/mol. The first-order chi connectivity index (χ1) is 18.9. The zero-order valence-corrected chi connectivity index (χ0v) is 22.5. The highest BCUT2D eigenvalue weighted by Gasteiger charge is 2.37. The number of nitrogens with one attached hydrogen (secondary N) is 1. The number of hydrazone groups is 1. The van der Waals surface area contributed by atoms with E-state index in [1.54, 1.807) is 24.3 Å². The number of benzene rings is 2. The van der Waals surface area contributed by atoms with Gasteiger partial charge in [0.25, 0.3) is 0 Å². The first kappa shape index (κ1) is 26.9. The zero-order valence-electron chi connectivity index (χ0n) is 21.7. The average Bonchev–Trinajstić information content (AvgIpc) is 3.79. The van der Waals surface area contributed by atoms with Crippen molar-refractivity contribution in [3.05, 3.63) is 54.1 Å². The van der Waals surface area contributed by atoms with E-state index in [0.29, 0.717) is 16.3 Å². The maximum Gasteiger partial charge on any atom is 0.345 e. The van der Waals surface area contributed by atoms with Gasteiger partial charge in [0.05, 0.1) is 23.7 Å². The van der Waals surface area contributed by atoms with Crippen LogP contribution in [0.4, 0.5) is 16.2 Å². The van der Waals surface area contributed by atoms with Crippen LogP contribution in [0.2, 0.25) is 0 Å². The molecule has 0 atom stereocenters. The van der Waals surface area contributed by atoms with Gasteiger partial charge in [-0.15, -0.1) is 11.8 Å². The molecule has 1 aliphatic heterocycles. The van der Waals surface area contributed by atoms with Gasteiger partial charge in [-0.25, -0.2) is 9.80 Å². The number of thioether (sulfide) groups is 1. The Morgan fingerprint density at radius 3 is 2.49 bits per heavy atom. The lowest BCUT2D eigenvalue weighted by Crippen LogP contribution is -2.45. The van der Waals surface area contributed by atoms with Crippen molar-refractivity contribution in [2.75, 3.05) is 29.1 Å².